The van der Waals surface area contributed by atoms with E-state index in [1.807, 2.05) is 50.2 Å². The molecule has 0 aliphatic heterocycles. The van der Waals surface area contributed by atoms with Crippen molar-refractivity contribution in [1.82, 2.24) is 0 Å². The van der Waals surface area contributed by atoms with E-state index < -0.39 is 0 Å². The van der Waals surface area contributed by atoms with Gasteiger partial charge in [-0.25, -0.2) is 0 Å². The summed E-state index contributed by atoms with van der Waals surface area (Å²) >= 11 is 0. The molecule has 0 saturated heterocycles. The smallest absolute Gasteiger partial charge is 0.262 e. The molecule has 2 N–H and O–H groups in total. The SMILES string of the molecule is Cc1ccc(OCC(=O)Nc2cccc(NC(=O)COc3ccccc3)c2)cc1C. The summed E-state index contributed by atoms with van der Waals surface area (Å²) in [6.07, 6.45) is 0. The number of benzene rings is 3. The molecule has 0 spiro atoms. The fourth-order valence-electron chi connectivity index (χ4n) is 2.69. The van der Waals surface area contributed by atoms with Crippen LogP contribution in [0.25, 0.3) is 0 Å². The third-order valence-corrected chi connectivity index (χ3v) is 4.39. The van der Waals surface area contributed by atoms with Crippen molar-refractivity contribution in [3.8, 4) is 11.5 Å². The molecule has 0 aromatic heterocycles. The zero-order chi connectivity index (χ0) is 21.3. The van der Waals surface area contributed by atoms with Crippen LogP contribution in [-0.2, 0) is 9.59 Å². The van der Waals surface area contributed by atoms with Gasteiger partial charge in [0, 0.05) is 11.4 Å². The number of ether oxygens (including phenoxy) is 2. The predicted octanol–water partition coefficient (Wildman–Crippen LogP) is 4.34. The number of carbonyl (C=O) groups is 2. The van der Waals surface area contributed by atoms with Gasteiger partial charge in [-0.2, -0.15) is 0 Å². The van der Waals surface area contributed by atoms with Crippen molar-refractivity contribution in [3.05, 3.63) is 83.9 Å². The molecular formula is C24H24N2O4. The molecule has 6 heteroatoms. The van der Waals surface area contributed by atoms with Gasteiger partial charge in [-0.15, -0.1) is 0 Å². The molecule has 6 nitrogen and oxygen atoms in total. The van der Waals surface area contributed by atoms with E-state index in [2.05, 4.69) is 10.6 Å². The van der Waals surface area contributed by atoms with Crippen molar-refractivity contribution in [3.63, 3.8) is 0 Å². The van der Waals surface area contributed by atoms with Gasteiger partial charge in [-0.3, -0.25) is 9.59 Å². The summed E-state index contributed by atoms with van der Waals surface area (Å²) in [4.78, 5) is 24.3. The molecule has 30 heavy (non-hydrogen) atoms. The topological polar surface area (TPSA) is 76.7 Å². The van der Waals surface area contributed by atoms with Crippen LogP contribution in [0.4, 0.5) is 11.4 Å². The first-order chi connectivity index (χ1) is 14.5. The van der Waals surface area contributed by atoms with Crippen LogP contribution in [0.15, 0.2) is 72.8 Å². The summed E-state index contributed by atoms with van der Waals surface area (Å²) in [7, 11) is 0. The highest BCUT2D eigenvalue weighted by Gasteiger charge is 2.07. The zero-order valence-corrected chi connectivity index (χ0v) is 17.0. The molecule has 0 aliphatic rings. The largest absolute Gasteiger partial charge is 0.484 e. The van der Waals surface area contributed by atoms with Gasteiger partial charge in [0.1, 0.15) is 11.5 Å². The van der Waals surface area contributed by atoms with Crippen LogP contribution in [0.3, 0.4) is 0 Å². The van der Waals surface area contributed by atoms with Gasteiger partial charge in [-0.1, -0.05) is 30.3 Å². The number of anilines is 2. The maximum Gasteiger partial charge on any atom is 0.262 e. The maximum absolute atomic E-state index is 12.2. The Hall–Kier alpha value is -3.80. The molecule has 0 saturated carbocycles. The van der Waals surface area contributed by atoms with Crippen LogP contribution in [0.1, 0.15) is 11.1 Å². The number of carbonyl (C=O) groups excluding carboxylic acids is 2. The van der Waals surface area contributed by atoms with Crippen molar-refractivity contribution in [2.75, 3.05) is 23.8 Å². The molecule has 0 aliphatic carbocycles. The monoisotopic (exact) mass is 404 g/mol. The Kier molecular flexibility index (Phi) is 7.05. The summed E-state index contributed by atoms with van der Waals surface area (Å²) in [5.41, 5.74) is 3.39. The number of hydrogen-bond acceptors (Lipinski definition) is 4. The average molecular weight is 404 g/mol. The number of rotatable bonds is 8. The lowest BCUT2D eigenvalue weighted by Crippen LogP contribution is -2.21. The lowest BCUT2D eigenvalue weighted by molar-refractivity contribution is -0.118. The molecule has 0 bridgehead atoms. The van der Waals surface area contributed by atoms with E-state index in [9.17, 15) is 9.59 Å². The second-order valence-electron chi connectivity index (χ2n) is 6.81. The number of para-hydroxylation sites is 1. The molecule has 0 fully saturated rings. The minimum absolute atomic E-state index is 0.107. The Bertz CT molecular complexity index is 1020. The fourth-order valence-corrected chi connectivity index (χ4v) is 2.69. The van der Waals surface area contributed by atoms with Gasteiger partial charge in [-0.05, 0) is 67.4 Å². The second-order valence-corrected chi connectivity index (χ2v) is 6.81. The summed E-state index contributed by atoms with van der Waals surface area (Å²) in [6.45, 7) is 3.80. The number of aryl methyl sites for hydroxylation is 2. The fraction of sp³-hybridized carbons (Fsp3) is 0.167. The molecule has 0 unspecified atom stereocenters. The Morgan fingerprint density at radius 1 is 0.667 bits per heavy atom. The number of amides is 2. The molecule has 2 amide bonds. The highest BCUT2D eigenvalue weighted by Crippen LogP contribution is 2.18. The number of hydrogen-bond donors (Lipinski definition) is 2. The normalized spacial score (nSPS) is 10.2. The van der Waals surface area contributed by atoms with Gasteiger partial charge in [0.2, 0.25) is 0 Å². The van der Waals surface area contributed by atoms with E-state index in [1.165, 1.54) is 5.56 Å². The van der Waals surface area contributed by atoms with E-state index in [-0.39, 0.29) is 25.0 Å². The van der Waals surface area contributed by atoms with E-state index in [0.29, 0.717) is 22.9 Å². The first-order valence-electron chi connectivity index (χ1n) is 9.57. The Balaban J connectivity index is 1.48. The predicted molar refractivity (Wildman–Crippen MR) is 117 cm³/mol. The van der Waals surface area contributed by atoms with E-state index in [1.54, 1.807) is 36.4 Å². The average Bonchev–Trinajstić information content (AvgIpc) is 2.74. The highest BCUT2D eigenvalue weighted by molar-refractivity contribution is 5.95. The van der Waals surface area contributed by atoms with Gasteiger partial charge in [0.25, 0.3) is 11.8 Å². The third-order valence-electron chi connectivity index (χ3n) is 4.39. The van der Waals surface area contributed by atoms with Crippen LogP contribution in [-0.4, -0.2) is 25.0 Å². The van der Waals surface area contributed by atoms with Gasteiger partial charge < -0.3 is 20.1 Å². The minimum atomic E-state index is -0.291. The van der Waals surface area contributed by atoms with Crippen molar-refractivity contribution >= 4 is 23.2 Å². The quantitative estimate of drug-likeness (QED) is 0.586. The molecular weight excluding hydrogens is 380 g/mol. The molecule has 3 aromatic rings. The standard InChI is InChI=1S/C24H24N2O4/c1-17-11-12-22(13-18(17)2)30-16-24(28)26-20-8-6-7-19(14-20)25-23(27)15-29-21-9-4-3-5-10-21/h3-14H,15-16H2,1-2H3,(H,25,27)(H,26,28). The molecule has 154 valence electrons. The van der Waals surface area contributed by atoms with Crippen LogP contribution in [0.5, 0.6) is 11.5 Å². The highest BCUT2D eigenvalue weighted by atomic mass is 16.5. The van der Waals surface area contributed by atoms with E-state index >= 15 is 0 Å². The summed E-state index contributed by atoms with van der Waals surface area (Å²) in [6, 6.07) is 21.7. The maximum atomic E-state index is 12.2. The molecule has 3 rings (SSSR count). The lowest BCUT2D eigenvalue weighted by atomic mass is 10.1. The van der Waals surface area contributed by atoms with Crippen molar-refractivity contribution in [2.24, 2.45) is 0 Å². The summed E-state index contributed by atoms with van der Waals surface area (Å²) < 4.78 is 11.0. The number of nitrogens with one attached hydrogen (secondary N) is 2. The van der Waals surface area contributed by atoms with Crippen LogP contribution in [0.2, 0.25) is 0 Å². The van der Waals surface area contributed by atoms with Gasteiger partial charge in [0.15, 0.2) is 13.2 Å². The summed E-state index contributed by atoms with van der Waals surface area (Å²) in [5.74, 6) is 0.689. The van der Waals surface area contributed by atoms with Gasteiger partial charge >= 0.3 is 0 Å². The Morgan fingerprint density at radius 3 is 1.87 bits per heavy atom. The van der Waals surface area contributed by atoms with Crippen LogP contribution < -0.4 is 20.1 Å². The Morgan fingerprint density at radius 2 is 1.27 bits per heavy atom. The first kappa shape index (κ1) is 20.9. The van der Waals surface area contributed by atoms with Gasteiger partial charge in [0.05, 0.1) is 0 Å². The first-order valence-corrected chi connectivity index (χ1v) is 9.57. The summed E-state index contributed by atoms with van der Waals surface area (Å²) in [5, 5.41) is 5.51. The minimum Gasteiger partial charge on any atom is -0.484 e. The molecule has 0 atom stereocenters. The second kappa shape index (κ2) is 10.1. The van der Waals surface area contributed by atoms with Crippen molar-refractivity contribution in [1.29, 1.82) is 0 Å². The van der Waals surface area contributed by atoms with Crippen molar-refractivity contribution < 1.29 is 19.1 Å². The van der Waals surface area contributed by atoms with E-state index in [0.717, 1.165) is 5.56 Å². The van der Waals surface area contributed by atoms with Crippen molar-refractivity contribution in [2.45, 2.75) is 13.8 Å². The van der Waals surface area contributed by atoms with Crippen LogP contribution in [0, 0.1) is 13.8 Å². The van der Waals surface area contributed by atoms with Crippen LogP contribution >= 0.6 is 0 Å². The molecule has 3 aromatic carbocycles. The molecule has 0 heterocycles. The van der Waals surface area contributed by atoms with E-state index in [4.69, 9.17) is 9.47 Å². The Labute approximate surface area is 175 Å². The zero-order valence-electron chi connectivity index (χ0n) is 17.0. The molecule has 0 radical (unpaired) electrons. The third kappa shape index (κ3) is 6.38. The lowest BCUT2D eigenvalue weighted by Gasteiger charge is -2.11.